The van der Waals surface area contributed by atoms with Crippen molar-refractivity contribution in [1.29, 1.82) is 0 Å². The average Bonchev–Trinajstić information content (AvgIpc) is 3.60. The van der Waals surface area contributed by atoms with Crippen molar-refractivity contribution < 1.29 is 37.4 Å². The van der Waals surface area contributed by atoms with Crippen LogP contribution < -0.4 is 10.2 Å². The van der Waals surface area contributed by atoms with Gasteiger partial charge in [0, 0.05) is 24.7 Å². The summed E-state index contributed by atoms with van der Waals surface area (Å²) in [5.74, 6) is -4.60. The normalized spacial score (nSPS) is 20.3. The standard InChI is InChI=1S/C30H41F2N2O7Si/c1-29(2,3)26(41-42(7)8)16-11-18(34(13-16)28(38)40-30(4,5)6)15-39-25-22(32)21(31)12-19-23(25)33(17-9-10-17)14-20(24(19)35)27(36)37/h12,14,16-18,26H,9-11,13,15H2,1-8H3,(H,36,37)/t16?,18-,26?/m0/s1. The van der Waals surface area contributed by atoms with E-state index in [4.69, 9.17) is 13.9 Å². The highest BCUT2D eigenvalue weighted by atomic mass is 28.3. The van der Waals surface area contributed by atoms with E-state index in [0.29, 0.717) is 25.8 Å². The summed E-state index contributed by atoms with van der Waals surface area (Å²) in [6, 6.07) is 0.000180. The van der Waals surface area contributed by atoms with Gasteiger partial charge in [-0.1, -0.05) is 20.8 Å². The number of likely N-dealkylation sites (tertiary alicyclic amines) is 1. The number of benzene rings is 1. The minimum Gasteiger partial charge on any atom is -0.486 e. The van der Waals surface area contributed by atoms with Crippen molar-refractivity contribution >= 4 is 32.0 Å². The zero-order chi connectivity index (χ0) is 31.3. The summed E-state index contributed by atoms with van der Waals surface area (Å²) in [6.07, 6.45) is 2.32. The van der Waals surface area contributed by atoms with E-state index in [1.54, 1.807) is 25.7 Å². The molecule has 2 aromatic rings. The number of pyridine rings is 1. The van der Waals surface area contributed by atoms with Crippen LogP contribution in [-0.4, -0.2) is 66.6 Å². The van der Waals surface area contributed by atoms with Crippen LogP contribution in [0.2, 0.25) is 13.1 Å². The van der Waals surface area contributed by atoms with Crippen molar-refractivity contribution in [3.05, 3.63) is 39.7 Å². The van der Waals surface area contributed by atoms with Crippen LogP contribution in [0.4, 0.5) is 13.6 Å². The van der Waals surface area contributed by atoms with Gasteiger partial charge in [0.2, 0.25) is 20.3 Å². The summed E-state index contributed by atoms with van der Waals surface area (Å²) >= 11 is 0. The monoisotopic (exact) mass is 607 g/mol. The van der Waals surface area contributed by atoms with E-state index >= 15 is 4.39 Å². The summed E-state index contributed by atoms with van der Waals surface area (Å²) in [7, 11) is -1.08. The second-order valence-electron chi connectivity index (χ2n) is 13.6. The highest BCUT2D eigenvalue weighted by Gasteiger charge is 2.45. The van der Waals surface area contributed by atoms with Crippen molar-refractivity contribution in [2.45, 2.75) is 97.7 Å². The summed E-state index contributed by atoms with van der Waals surface area (Å²) in [4.78, 5) is 39.6. The van der Waals surface area contributed by atoms with Crippen molar-refractivity contribution in [2.75, 3.05) is 13.2 Å². The summed E-state index contributed by atoms with van der Waals surface area (Å²) in [5, 5.41) is 9.29. The molecule has 1 aliphatic carbocycles. The molecule has 1 aromatic carbocycles. The van der Waals surface area contributed by atoms with Crippen LogP contribution in [0.15, 0.2) is 17.1 Å². The number of hydrogen-bond donors (Lipinski definition) is 1. The molecule has 1 aromatic heterocycles. The fraction of sp³-hybridized carbons (Fsp3) is 0.633. The van der Waals surface area contributed by atoms with Gasteiger partial charge in [-0.25, -0.2) is 14.0 Å². The third-order valence-electron chi connectivity index (χ3n) is 7.48. The van der Waals surface area contributed by atoms with E-state index in [1.807, 2.05) is 0 Å². The molecule has 9 nitrogen and oxygen atoms in total. The fourth-order valence-electron chi connectivity index (χ4n) is 5.64. The van der Waals surface area contributed by atoms with Crippen molar-refractivity contribution in [2.24, 2.45) is 11.3 Å². The van der Waals surface area contributed by atoms with E-state index in [0.717, 1.165) is 6.07 Å². The molecule has 1 saturated heterocycles. The topological polar surface area (TPSA) is 107 Å². The Hall–Kier alpha value is -2.99. The van der Waals surface area contributed by atoms with E-state index in [2.05, 4.69) is 33.9 Å². The number of ether oxygens (including phenoxy) is 2. The lowest BCUT2D eigenvalue weighted by atomic mass is 9.80. The number of hydrogen-bond acceptors (Lipinski definition) is 6. The molecule has 0 bridgehead atoms. The number of nitrogens with zero attached hydrogens (tertiary/aromatic N) is 2. The molecule has 0 spiro atoms. The maximum atomic E-state index is 15.4. The Labute approximate surface area is 246 Å². The highest BCUT2D eigenvalue weighted by Crippen LogP contribution is 2.42. The Kier molecular flexibility index (Phi) is 8.81. The highest BCUT2D eigenvalue weighted by molar-refractivity contribution is 6.48. The van der Waals surface area contributed by atoms with Gasteiger partial charge in [0.25, 0.3) is 0 Å². The zero-order valence-corrected chi connectivity index (χ0v) is 26.5. The second-order valence-corrected chi connectivity index (χ2v) is 15.7. The van der Waals surface area contributed by atoms with E-state index in [-0.39, 0.29) is 41.0 Å². The first kappa shape index (κ1) is 31.9. The number of carbonyl (C=O) groups is 2. The van der Waals surface area contributed by atoms with Gasteiger partial charge in [-0.2, -0.15) is 4.39 Å². The Morgan fingerprint density at radius 1 is 1.14 bits per heavy atom. The summed E-state index contributed by atoms with van der Waals surface area (Å²) in [6.45, 7) is 15.8. The van der Waals surface area contributed by atoms with Gasteiger partial charge in [-0.05, 0) is 64.6 Å². The predicted octanol–water partition coefficient (Wildman–Crippen LogP) is 6.00. The molecule has 231 valence electrons. The molecule has 3 atom stereocenters. The number of fused-ring (bicyclic) bond motifs is 1. The van der Waals surface area contributed by atoms with Crippen LogP contribution in [0.1, 0.15) is 77.2 Å². The Balaban J connectivity index is 1.74. The minimum atomic E-state index is -1.45. The number of carboxylic acid groups (broad SMARTS) is 1. The lowest BCUT2D eigenvalue weighted by Gasteiger charge is -2.36. The molecule has 1 saturated carbocycles. The molecule has 1 radical (unpaired) electrons. The van der Waals surface area contributed by atoms with Crippen LogP contribution in [0, 0.1) is 23.0 Å². The number of aromatic nitrogens is 1. The number of aromatic carboxylic acids is 1. The largest absolute Gasteiger partial charge is 0.486 e. The molecule has 2 unspecified atom stereocenters. The zero-order valence-electron chi connectivity index (χ0n) is 25.5. The molecule has 2 fully saturated rings. The first-order valence-electron chi connectivity index (χ1n) is 14.3. The second kappa shape index (κ2) is 11.6. The molecule has 2 aliphatic rings. The van der Waals surface area contributed by atoms with Crippen molar-refractivity contribution in [3.8, 4) is 5.75 Å². The van der Waals surface area contributed by atoms with E-state index in [9.17, 15) is 23.9 Å². The average molecular weight is 608 g/mol. The molecule has 1 aliphatic heterocycles. The van der Waals surface area contributed by atoms with Crippen LogP contribution in [0.25, 0.3) is 10.9 Å². The predicted molar refractivity (Wildman–Crippen MR) is 155 cm³/mol. The Morgan fingerprint density at radius 3 is 2.31 bits per heavy atom. The molecule has 42 heavy (non-hydrogen) atoms. The SMILES string of the molecule is C[Si](C)OC(C1C[C@@H](COc2c(F)c(F)cc3c(=O)c(C(=O)O)cn(C4CC4)c23)N(C(=O)OC(C)(C)C)C1)C(C)(C)C. The Bertz CT molecular complexity index is 1430. The van der Waals surface area contributed by atoms with Gasteiger partial charge in [-0.15, -0.1) is 0 Å². The lowest BCUT2D eigenvalue weighted by Crippen LogP contribution is -2.43. The molecule has 1 amide bonds. The van der Waals surface area contributed by atoms with Crippen LogP contribution >= 0.6 is 0 Å². The third kappa shape index (κ3) is 6.80. The number of carboxylic acids is 1. The van der Waals surface area contributed by atoms with Gasteiger partial charge in [-0.3, -0.25) is 4.79 Å². The van der Waals surface area contributed by atoms with Gasteiger partial charge in [0.1, 0.15) is 17.8 Å². The maximum Gasteiger partial charge on any atom is 0.410 e. The van der Waals surface area contributed by atoms with Gasteiger partial charge >= 0.3 is 12.1 Å². The summed E-state index contributed by atoms with van der Waals surface area (Å²) in [5.41, 5.74) is -2.42. The number of amides is 1. The first-order valence-corrected chi connectivity index (χ1v) is 16.7. The van der Waals surface area contributed by atoms with E-state index < -0.39 is 61.1 Å². The minimum absolute atomic E-state index is 0.00451. The van der Waals surface area contributed by atoms with Crippen LogP contribution in [0.3, 0.4) is 0 Å². The van der Waals surface area contributed by atoms with Crippen molar-refractivity contribution in [3.63, 3.8) is 0 Å². The van der Waals surface area contributed by atoms with Crippen LogP contribution in [0.5, 0.6) is 5.75 Å². The molecule has 4 rings (SSSR count). The third-order valence-corrected chi connectivity index (χ3v) is 8.20. The van der Waals surface area contributed by atoms with Crippen LogP contribution in [-0.2, 0) is 9.16 Å². The molecular formula is C30H41F2N2O7Si. The van der Waals surface area contributed by atoms with E-state index in [1.165, 1.54) is 10.8 Å². The molecule has 2 heterocycles. The lowest BCUT2D eigenvalue weighted by molar-refractivity contribution is 0.0134. The fourth-order valence-corrected chi connectivity index (χ4v) is 6.70. The molecular weight excluding hydrogens is 566 g/mol. The first-order chi connectivity index (χ1) is 19.4. The van der Waals surface area contributed by atoms with Gasteiger partial charge in [0.15, 0.2) is 11.6 Å². The number of carbonyl (C=O) groups excluding carboxylic acids is 1. The molecule has 1 N–H and O–H groups in total. The maximum absolute atomic E-state index is 15.4. The number of halogens is 2. The smallest absolute Gasteiger partial charge is 0.410 e. The quantitative estimate of drug-likeness (QED) is 0.367. The van der Waals surface area contributed by atoms with Gasteiger partial charge in [0.05, 0.1) is 23.0 Å². The van der Waals surface area contributed by atoms with Gasteiger partial charge < -0.3 is 28.5 Å². The summed E-state index contributed by atoms with van der Waals surface area (Å²) < 4.78 is 49.8. The Morgan fingerprint density at radius 2 is 1.79 bits per heavy atom. The number of rotatable bonds is 8. The molecule has 12 heteroatoms. The van der Waals surface area contributed by atoms with Crippen molar-refractivity contribution in [1.82, 2.24) is 9.47 Å².